The van der Waals surface area contributed by atoms with Gasteiger partial charge in [0.1, 0.15) is 11.5 Å². The van der Waals surface area contributed by atoms with Gasteiger partial charge in [-0.3, -0.25) is 9.59 Å². The third kappa shape index (κ3) is 4.53. The Morgan fingerprint density at radius 2 is 1.68 bits per heavy atom. The van der Waals surface area contributed by atoms with Crippen molar-refractivity contribution in [3.05, 3.63) is 101 Å². The van der Waals surface area contributed by atoms with Gasteiger partial charge >= 0.3 is 0 Å². The Morgan fingerprint density at radius 3 is 2.32 bits per heavy atom. The number of hydrogen-bond donors (Lipinski definition) is 1. The van der Waals surface area contributed by atoms with Gasteiger partial charge in [0.15, 0.2) is 0 Å². The Morgan fingerprint density at radius 1 is 0.971 bits per heavy atom. The molecule has 0 aliphatic carbocycles. The third-order valence-electron chi connectivity index (χ3n) is 6.09. The van der Waals surface area contributed by atoms with Crippen LogP contribution in [0.25, 0.3) is 5.76 Å². The van der Waals surface area contributed by atoms with Gasteiger partial charge < -0.3 is 19.6 Å². The lowest BCUT2D eigenvalue weighted by atomic mass is 9.95. The lowest BCUT2D eigenvalue weighted by Gasteiger charge is -2.26. The molecule has 34 heavy (non-hydrogen) atoms. The van der Waals surface area contributed by atoms with Crippen molar-refractivity contribution in [2.24, 2.45) is 0 Å². The number of anilines is 1. The van der Waals surface area contributed by atoms with E-state index in [1.165, 1.54) is 7.11 Å². The van der Waals surface area contributed by atoms with E-state index in [1.54, 1.807) is 29.2 Å². The Labute approximate surface area is 199 Å². The van der Waals surface area contributed by atoms with Crippen LogP contribution in [0.4, 0.5) is 5.69 Å². The highest BCUT2D eigenvalue weighted by molar-refractivity contribution is 6.46. The number of aliphatic hydroxyl groups is 1. The van der Waals surface area contributed by atoms with E-state index in [9.17, 15) is 14.7 Å². The first-order chi connectivity index (χ1) is 16.4. The summed E-state index contributed by atoms with van der Waals surface area (Å²) in [5.74, 6) is -0.951. The molecule has 0 spiro atoms. The predicted molar refractivity (Wildman–Crippen MR) is 133 cm³/mol. The molecule has 0 bridgehead atoms. The molecule has 174 valence electrons. The van der Waals surface area contributed by atoms with Gasteiger partial charge in [-0.2, -0.15) is 0 Å². The number of aliphatic hydroxyl groups excluding tert-OH is 1. The van der Waals surface area contributed by atoms with Crippen molar-refractivity contribution in [1.29, 1.82) is 0 Å². The van der Waals surface area contributed by atoms with Crippen LogP contribution in [-0.2, 0) is 16.0 Å². The molecule has 4 rings (SSSR count). The summed E-state index contributed by atoms with van der Waals surface area (Å²) < 4.78 is 5.27. The van der Waals surface area contributed by atoms with Crippen LogP contribution in [0, 0.1) is 0 Å². The van der Waals surface area contributed by atoms with E-state index in [0.29, 0.717) is 24.3 Å². The number of nitrogens with zero attached hydrogens (tertiary/aromatic N) is 2. The molecule has 6 heteroatoms. The predicted octanol–water partition coefficient (Wildman–Crippen LogP) is 4.43. The molecule has 1 aliphatic rings. The number of carbonyl (C=O) groups excluding carboxylic acids is 2. The van der Waals surface area contributed by atoms with Crippen LogP contribution in [0.15, 0.2) is 84.4 Å². The molecule has 1 atom stereocenters. The highest BCUT2D eigenvalue weighted by Gasteiger charge is 2.45. The van der Waals surface area contributed by atoms with Crippen LogP contribution in [-0.4, -0.2) is 49.4 Å². The fourth-order valence-corrected chi connectivity index (χ4v) is 4.23. The number of methoxy groups -OCH3 is 1. The lowest BCUT2D eigenvalue weighted by Crippen LogP contribution is -2.31. The first-order valence-electron chi connectivity index (χ1n) is 11.1. The van der Waals surface area contributed by atoms with E-state index >= 15 is 0 Å². The minimum Gasteiger partial charge on any atom is -0.507 e. The monoisotopic (exact) mass is 456 g/mol. The Balaban J connectivity index is 1.79. The molecule has 3 aromatic carbocycles. The van der Waals surface area contributed by atoms with Gasteiger partial charge in [-0.05, 0) is 41.8 Å². The molecule has 1 saturated heterocycles. The number of carbonyl (C=O) groups is 2. The number of hydrogen-bond acceptors (Lipinski definition) is 5. The van der Waals surface area contributed by atoms with Crippen molar-refractivity contribution in [1.82, 2.24) is 4.90 Å². The summed E-state index contributed by atoms with van der Waals surface area (Å²) >= 11 is 0. The molecule has 0 aromatic heterocycles. The second-order valence-corrected chi connectivity index (χ2v) is 8.45. The van der Waals surface area contributed by atoms with Gasteiger partial charge in [0.25, 0.3) is 11.7 Å². The zero-order valence-electron chi connectivity index (χ0n) is 19.6. The van der Waals surface area contributed by atoms with Crippen molar-refractivity contribution in [3.8, 4) is 5.75 Å². The summed E-state index contributed by atoms with van der Waals surface area (Å²) in [5, 5.41) is 11.2. The molecule has 6 nitrogen and oxygen atoms in total. The number of ether oxygens (including phenoxy) is 1. The highest BCUT2D eigenvalue weighted by atomic mass is 16.5. The van der Waals surface area contributed by atoms with E-state index in [1.807, 2.05) is 73.6 Å². The van der Waals surface area contributed by atoms with E-state index in [2.05, 4.69) is 0 Å². The van der Waals surface area contributed by atoms with Gasteiger partial charge in [0, 0.05) is 31.9 Å². The number of ketones is 1. The van der Waals surface area contributed by atoms with Gasteiger partial charge in [-0.25, -0.2) is 0 Å². The average molecular weight is 457 g/mol. The first-order valence-corrected chi connectivity index (χ1v) is 11.1. The Bertz CT molecular complexity index is 1220. The quantitative estimate of drug-likeness (QED) is 0.324. The number of likely N-dealkylation sites (tertiary alicyclic amines) is 1. The Kier molecular flexibility index (Phi) is 6.68. The van der Waals surface area contributed by atoms with Crippen LogP contribution in [0.1, 0.15) is 22.7 Å². The summed E-state index contributed by atoms with van der Waals surface area (Å²) in [7, 11) is 5.43. The number of Topliss-reactive ketones (excluding diaryl/α,β-unsaturated/α-hetero) is 1. The molecule has 1 aliphatic heterocycles. The lowest BCUT2D eigenvalue weighted by molar-refractivity contribution is -0.139. The van der Waals surface area contributed by atoms with Crippen LogP contribution in [0.5, 0.6) is 5.75 Å². The highest BCUT2D eigenvalue weighted by Crippen LogP contribution is 2.40. The Hall–Kier alpha value is -4.06. The van der Waals surface area contributed by atoms with E-state index < -0.39 is 17.7 Å². The molecular formula is C28H28N2O4. The molecule has 1 fully saturated rings. The van der Waals surface area contributed by atoms with Crippen LogP contribution < -0.4 is 9.64 Å². The summed E-state index contributed by atoms with van der Waals surface area (Å²) in [6, 6.07) is 23.7. The smallest absolute Gasteiger partial charge is 0.295 e. The zero-order chi connectivity index (χ0) is 24.2. The molecule has 3 aromatic rings. The zero-order valence-corrected chi connectivity index (χ0v) is 19.6. The molecule has 1 heterocycles. The second-order valence-electron chi connectivity index (χ2n) is 8.45. The van der Waals surface area contributed by atoms with E-state index in [0.717, 1.165) is 16.8 Å². The van der Waals surface area contributed by atoms with Crippen molar-refractivity contribution in [2.75, 3.05) is 32.6 Å². The van der Waals surface area contributed by atoms with Crippen molar-refractivity contribution >= 4 is 23.1 Å². The molecular weight excluding hydrogens is 428 g/mol. The molecule has 0 radical (unpaired) electrons. The number of benzene rings is 3. The van der Waals surface area contributed by atoms with Gasteiger partial charge in [-0.15, -0.1) is 0 Å². The largest absolute Gasteiger partial charge is 0.507 e. The minimum atomic E-state index is -0.689. The van der Waals surface area contributed by atoms with Crippen LogP contribution in [0.2, 0.25) is 0 Å². The summed E-state index contributed by atoms with van der Waals surface area (Å²) in [5.41, 5.74) is 3.35. The molecule has 1 amide bonds. The normalized spacial score (nSPS) is 17.1. The SMILES string of the molecule is COc1cccc(/C(O)=C2\C(=O)C(=O)N(CCc3ccccc3)C2c2ccc(N(C)C)cc2)c1. The van der Waals surface area contributed by atoms with Crippen molar-refractivity contribution < 1.29 is 19.4 Å². The topological polar surface area (TPSA) is 70.1 Å². The maximum atomic E-state index is 13.2. The average Bonchev–Trinajstić information content (AvgIpc) is 3.12. The first kappa shape index (κ1) is 23.1. The summed E-state index contributed by atoms with van der Waals surface area (Å²) in [6.07, 6.45) is 0.597. The molecule has 1 N–H and O–H groups in total. The van der Waals surface area contributed by atoms with E-state index in [4.69, 9.17) is 4.74 Å². The molecule has 1 unspecified atom stereocenters. The fourth-order valence-electron chi connectivity index (χ4n) is 4.23. The molecule has 0 saturated carbocycles. The summed E-state index contributed by atoms with van der Waals surface area (Å²) in [4.78, 5) is 29.9. The maximum absolute atomic E-state index is 13.2. The van der Waals surface area contributed by atoms with Crippen LogP contribution in [0.3, 0.4) is 0 Å². The number of amides is 1. The summed E-state index contributed by atoms with van der Waals surface area (Å²) in [6.45, 7) is 0.351. The van der Waals surface area contributed by atoms with Gasteiger partial charge in [0.05, 0.1) is 18.7 Å². The van der Waals surface area contributed by atoms with Crippen molar-refractivity contribution in [2.45, 2.75) is 12.5 Å². The fraction of sp³-hybridized carbons (Fsp3) is 0.214. The van der Waals surface area contributed by atoms with Gasteiger partial charge in [0.2, 0.25) is 0 Å². The third-order valence-corrected chi connectivity index (χ3v) is 6.09. The van der Waals surface area contributed by atoms with Crippen molar-refractivity contribution in [3.63, 3.8) is 0 Å². The second kappa shape index (κ2) is 9.83. The number of rotatable bonds is 7. The minimum absolute atomic E-state index is 0.0870. The van der Waals surface area contributed by atoms with Gasteiger partial charge in [-0.1, -0.05) is 54.6 Å². The maximum Gasteiger partial charge on any atom is 0.295 e. The van der Waals surface area contributed by atoms with Crippen LogP contribution >= 0.6 is 0 Å². The standard InChI is InChI=1S/C28H28N2O4/c1-29(2)22-14-12-20(13-15-22)25-24(26(31)21-10-7-11-23(18-21)34-3)27(32)28(33)30(25)17-16-19-8-5-4-6-9-19/h4-15,18,25,31H,16-17H2,1-3H3/b26-24+. The van der Waals surface area contributed by atoms with E-state index in [-0.39, 0.29) is 11.3 Å².